The van der Waals surface area contributed by atoms with Crippen LogP contribution < -0.4 is 26.8 Å². The maximum Gasteiger partial charge on any atom is 0.368 e. The smallest absolute Gasteiger partial charge is 0.368 e. The summed E-state index contributed by atoms with van der Waals surface area (Å²) in [7, 11) is 1.73. The second kappa shape index (κ2) is 4.91. The molecule has 88 valence electrons. The van der Waals surface area contributed by atoms with Crippen molar-refractivity contribution in [1.82, 2.24) is 4.57 Å². The highest BCUT2D eigenvalue weighted by Gasteiger charge is 2.25. The van der Waals surface area contributed by atoms with Crippen LogP contribution in [0, 0.1) is 14.1 Å². The second-order valence-electron chi connectivity index (χ2n) is 3.74. The van der Waals surface area contributed by atoms with Crippen molar-refractivity contribution in [3.63, 3.8) is 0 Å². The van der Waals surface area contributed by atoms with Crippen LogP contribution in [0.25, 0.3) is 0 Å². The molecule has 0 aliphatic carbocycles. The number of pyridine rings is 1. The lowest BCUT2D eigenvalue weighted by molar-refractivity contribution is -0.600. The molecule has 0 fully saturated rings. The number of hydrogen-bond acceptors (Lipinski definition) is 2. The van der Waals surface area contributed by atoms with Crippen LogP contribution in [-0.4, -0.2) is 9.67 Å². The Morgan fingerprint density at radius 2 is 1.88 bits per heavy atom. The fourth-order valence-electron chi connectivity index (χ4n) is 1.45. The average Bonchev–Trinajstić information content (AvgIpc) is 2.33. The summed E-state index contributed by atoms with van der Waals surface area (Å²) in [5.41, 5.74) is 0.687. The summed E-state index contributed by atoms with van der Waals surface area (Å²) >= 11 is -0.628. The number of aryl methyl sites for hydroxylation is 1. The lowest BCUT2D eigenvalue weighted by atomic mass is 10.3. The van der Waals surface area contributed by atoms with Crippen molar-refractivity contribution in [2.75, 3.05) is 0 Å². The van der Waals surface area contributed by atoms with Crippen LogP contribution in [-0.2, 0) is 7.05 Å². The van der Waals surface area contributed by atoms with E-state index in [0.717, 1.165) is 9.26 Å². The molecule has 2 rings (SSSR count). The van der Waals surface area contributed by atoms with Gasteiger partial charge in [-0.3, -0.25) is 4.79 Å². The van der Waals surface area contributed by atoms with Gasteiger partial charge in [0.1, 0.15) is 0 Å². The molecule has 1 N–H and O–H groups in total. The molecule has 0 radical (unpaired) electrons. The lowest BCUT2D eigenvalue weighted by Gasteiger charge is -2.02. The standard InChI is InChI=1S/C13H12INO2/c1-9-8-11(16)12(13(17)15(9)2)14-10-6-4-3-5-7-10/h3-8H,1-2H3/p+1. The van der Waals surface area contributed by atoms with Crippen molar-refractivity contribution in [2.24, 2.45) is 7.05 Å². The minimum Gasteiger partial charge on any atom is -0.503 e. The van der Waals surface area contributed by atoms with Crippen LogP contribution >= 0.6 is 0 Å². The highest BCUT2D eigenvalue weighted by Crippen LogP contribution is 2.05. The van der Waals surface area contributed by atoms with Crippen LogP contribution in [0.4, 0.5) is 0 Å². The average molecular weight is 342 g/mol. The van der Waals surface area contributed by atoms with Gasteiger partial charge in [0.25, 0.3) is 3.57 Å². The van der Waals surface area contributed by atoms with Crippen molar-refractivity contribution >= 4 is 0 Å². The zero-order chi connectivity index (χ0) is 12.4. The quantitative estimate of drug-likeness (QED) is 0.677. The molecule has 1 heterocycles. The SMILES string of the molecule is Cc1cc(O)c([I+]c2ccccc2)c(=O)n1C. The number of benzene rings is 1. The highest BCUT2D eigenvalue weighted by atomic mass is 127. The van der Waals surface area contributed by atoms with E-state index < -0.39 is 21.2 Å². The van der Waals surface area contributed by atoms with Crippen molar-refractivity contribution in [1.29, 1.82) is 0 Å². The summed E-state index contributed by atoms with van der Waals surface area (Å²) in [5, 5.41) is 9.87. The van der Waals surface area contributed by atoms with E-state index in [4.69, 9.17) is 0 Å². The molecule has 1 aromatic carbocycles. The van der Waals surface area contributed by atoms with Gasteiger partial charge in [0, 0.05) is 18.8 Å². The van der Waals surface area contributed by atoms with Gasteiger partial charge in [-0.1, -0.05) is 18.2 Å². The van der Waals surface area contributed by atoms with E-state index in [1.54, 1.807) is 17.7 Å². The van der Waals surface area contributed by atoms with E-state index >= 15 is 0 Å². The Hall–Kier alpha value is -1.30. The van der Waals surface area contributed by atoms with E-state index in [2.05, 4.69) is 0 Å². The third kappa shape index (κ3) is 2.52. The number of hydrogen-bond donors (Lipinski definition) is 1. The maximum absolute atomic E-state index is 12.0. The van der Waals surface area contributed by atoms with Crippen LogP contribution in [0.5, 0.6) is 5.75 Å². The molecule has 17 heavy (non-hydrogen) atoms. The van der Waals surface area contributed by atoms with Crippen molar-refractivity contribution < 1.29 is 26.3 Å². The molecule has 0 saturated heterocycles. The van der Waals surface area contributed by atoms with Crippen molar-refractivity contribution in [2.45, 2.75) is 6.92 Å². The van der Waals surface area contributed by atoms with E-state index in [1.165, 1.54) is 0 Å². The van der Waals surface area contributed by atoms with Gasteiger partial charge in [0.15, 0.2) is 9.32 Å². The van der Waals surface area contributed by atoms with Crippen molar-refractivity contribution in [3.8, 4) is 5.75 Å². The maximum atomic E-state index is 12.0. The first kappa shape index (κ1) is 12.2. The number of rotatable bonds is 2. The third-order valence-corrected chi connectivity index (χ3v) is 5.42. The predicted octanol–water partition coefficient (Wildman–Crippen LogP) is -1.47. The van der Waals surface area contributed by atoms with Gasteiger partial charge in [-0.15, -0.1) is 0 Å². The molecule has 0 bridgehead atoms. The molecule has 0 spiro atoms. The second-order valence-corrected chi connectivity index (χ2v) is 6.60. The predicted molar refractivity (Wildman–Crippen MR) is 61.9 cm³/mol. The molecular formula is C13H13INO2+. The van der Waals surface area contributed by atoms with E-state index in [-0.39, 0.29) is 11.3 Å². The Labute approximate surface area is 110 Å². The molecule has 2 aromatic rings. The van der Waals surface area contributed by atoms with Gasteiger partial charge >= 0.3 is 26.8 Å². The molecule has 0 aliphatic rings. The number of aromatic nitrogens is 1. The minimum absolute atomic E-state index is 0.0841. The summed E-state index contributed by atoms with van der Waals surface area (Å²) < 4.78 is 3.27. The molecule has 3 nitrogen and oxygen atoms in total. The molecule has 0 aliphatic heterocycles. The monoisotopic (exact) mass is 342 g/mol. The molecule has 1 aromatic heterocycles. The number of aromatic hydroxyl groups is 1. The molecule has 0 unspecified atom stereocenters. The third-order valence-electron chi connectivity index (χ3n) is 2.53. The fourth-order valence-corrected chi connectivity index (χ4v) is 3.87. The summed E-state index contributed by atoms with van der Waals surface area (Å²) in [4.78, 5) is 12.0. The van der Waals surface area contributed by atoms with Crippen molar-refractivity contribution in [3.05, 3.63) is 59.6 Å². The molecule has 0 amide bonds. The van der Waals surface area contributed by atoms with Crippen LogP contribution in [0.15, 0.2) is 41.2 Å². The largest absolute Gasteiger partial charge is 0.503 e. The molecule has 4 heteroatoms. The van der Waals surface area contributed by atoms with Crippen LogP contribution in [0.2, 0.25) is 0 Å². The summed E-state index contributed by atoms with van der Waals surface area (Å²) in [6, 6.07) is 11.5. The number of halogens is 1. The number of nitrogens with zero attached hydrogens (tertiary/aromatic N) is 1. The molecule has 0 saturated carbocycles. The normalized spacial score (nSPS) is 10.5. The minimum atomic E-state index is -0.628. The van der Waals surface area contributed by atoms with Gasteiger partial charge in [0.2, 0.25) is 0 Å². The topological polar surface area (TPSA) is 42.2 Å². The Kier molecular flexibility index (Phi) is 3.51. The van der Waals surface area contributed by atoms with E-state index in [9.17, 15) is 9.90 Å². The van der Waals surface area contributed by atoms with E-state index in [0.29, 0.717) is 3.57 Å². The Morgan fingerprint density at radius 3 is 2.53 bits per heavy atom. The Morgan fingerprint density at radius 1 is 1.24 bits per heavy atom. The van der Waals surface area contributed by atoms with Gasteiger partial charge in [-0.2, -0.15) is 0 Å². The van der Waals surface area contributed by atoms with Gasteiger partial charge in [-0.25, -0.2) is 0 Å². The summed E-state index contributed by atoms with van der Waals surface area (Å²) in [6.45, 7) is 1.81. The van der Waals surface area contributed by atoms with Crippen LogP contribution in [0.3, 0.4) is 0 Å². The van der Waals surface area contributed by atoms with Gasteiger partial charge < -0.3 is 9.67 Å². The zero-order valence-electron chi connectivity index (χ0n) is 9.64. The zero-order valence-corrected chi connectivity index (χ0v) is 11.8. The highest BCUT2D eigenvalue weighted by molar-refractivity contribution is 5.20. The Balaban J connectivity index is 2.47. The first-order valence-electron chi connectivity index (χ1n) is 5.19. The Bertz CT molecular complexity index is 590. The first-order valence-corrected chi connectivity index (χ1v) is 7.35. The summed E-state index contributed by atoms with van der Waals surface area (Å²) in [6.07, 6.45) is 0. The van der Waals surface area contributed by atoms with E-state index in [1.807, 2.05) is 37.3 Å². The fraction of sp³-hybridized carbons (Fsp3) is 0.154. The lowest BCUT2D eigenvalue weighted by Crippen LogP contribution is -3.62. The molecule has 0 atom stereocenters. The van der Waals surface area contributed by atoms with Crippen LogP contribution in [0.1, 0.15) is 5.69 Å². The summed E-state index contributed by atoms with van der Waals surface area (Å²) in [5.74, 6) is 0.127. The van der Waals surface area contributed by atoms with Gasteiger partial charge in [-0.05, 0) is 19.1 Å². The molecular weight excluding hydrogens is 329 g/mol. The first-order chi connectivity index (χ1) is 8.09. The van der Waals surface area contributed by atoms with Gasteiger partial charge in [0.05, 0.1) is 0 Å².